The molecule has 2 amide bonds. The molecule has 0 unspecified atom stereocenters. The van der Waals surface area contributed by atoms with Crippen molar-refractivity contribution in [3.8, 4) is 0 Å². The summed E-state index contributed by atoms with van der Waals surface area (Å²) < 4.78 is 16.5. The Hall–Kier alpha value is -1.75. The average Bonchev–Trinajstić information content (AvgIpc) is 2.77. The maximum Gasteiger partial charge on any atom is 0.328 e. The first-order valence-corrected chi connectivity index (χ1v) is 13.2. The van der Waals surface area contributed by atoms with E-state index in [0.717, 1.165) is 0 Å². The van der Waals surface area contributed by atoms with Crippen LogP contribution in [0.15, 0.2) is 0 Å². The summed E-state index contributed by atoms with van der Waals surface area (Å²) in [6, 6.07) is -0.732. The van der Waals surface area contributed by atoms with Gasteiger partial charge in [-0.2, -0.15) is 0 Å². The van der Waals surface area contributed by atoms with Crippen LogP contribution in [0.5, 0.6) is 0 Å². The van der Waals surface area contributed by atoms with Gasteiger partial charge in [0.25, 0.3) is 0 Å². The van der Waals surface area contributed by atoms with Crippen molar-refractivity contribution in [1.82, 2.24) is 10.6 Å². The Bertz CT molecular complexity index is 711. The highest BCUT2D eigenvalue weighted by atomic mass is 16.5. The molecule has 1 atom stereocenters. The van der Waals surface area contributed by atoms with Gasteiger partial charge in [-0.3, -0.25) is 9.59 Å². The minimum Gasteiger partial charge on any atom is -0.467 e. The number of carbonyl (C=O) groups is 3. The lowest BCUT2D eigenvalue weighted by Crippen LogP contribution is -2.43. The second-order valence-electron chi connectivity index (χ2n) is 12.6. The Balaban J connectivity index is 4.38. The van der Waals surface area contributed by atoms with Crippen molar-refractivity contribution in [2.24, 2.45) is 11.5 Å². The first kappa shape index (κ1) is 35.2. The summed E-state index contributed by atoms with van der Waals surface area (Å²) in [5.41, 5.74) is 10.1. The molecule has 218 valence electrons. The Kier molecular flexibility index (Phi) is 14.9. The van der Waals surface area contributed by atoms with Gasteiger partial charge >= 0.3 is 5.97 Å². The number of carbonyl (C=O) groups excluding carboxylic acids is 3. The molecule has 0 spiro atoms. The van der Waals surface area contributed by atoms with Crippen LogP contribution < -0.4 is 22.1 Å². The summed E-state index contributed by atoms with van der Waals surface area (Å²) in [5.74, 6) is -0.778. The predicted molar refractivity (Wildman–Crippen MR) is 146 cm³/mol. The standard InChI is InChI=1S/C27H54N4O6/c1-24(2,28)18-36-26(5,6)15-13-21(32)30-17-11-10-12-20(23(34)35-9)31-22(33)14-16-27(7,8)37-19-25(3,4)29/h20H,10-19,28-29H2,1-9H3,(H,30,32)(H,31,33)/t20-/m0/s1. The molecule has 0 saturated carbocycles. The van der Waals surface area contributed by atoms with E-state index >= 15 is 0 Å². The van der Waals surface area contributed by atoms with Crippen LogP contribution in [0.2, 0.25) is 0 Å². The molecule has 0 fully saturated rings. The highest BCUT2D eigenvalue weighted by molar-refractivity contribution is 5.84. The average molecular weight is 531 g/mol. The minimum absolute atomic E-state index is 0.0515. The van der Waals surface area contributed by atoms with Crippen LogP contribution in [0.3, 0.4) is 0 Å². The molecule has 0 bridgehead atoms. The molecule has 0 saturated heterocycles. The van der Waals surface area contributed by atoms with Crippen molar-refractivity contribution in [2.45, 2.75) is 129 Å². The van der Waals surface area contributed by atoms with Gasteiger partial charge in [0.2, 0.25) is 11.8 Å². The zero-order valence-corrected chi connectivity index (χ0v) is 24.8. The third kappa shape index (κ3) is 20.0. The summed E-state index contributed by atoms with van der Waals surface area (Å²) in [6.07, 6.45) is 3.36. The summed E-state index contributed by atoms with van der Waals surface area (Å²) in [4.78, 5) is 36.8. The predicted octanol–water partition coefficient (Wildman–Crippen LogP) is 2.56. The number of unbranched alkanes of at least 4 members (excludes halogenated alkanes) is 1. The third-order valence-electron chi connectivity index (χ3n) is 5.64. The summed E-state index contributed by atoms with van der Waals surface area (Å²) in [7, 11) is 1.30. The highest BCUT2D eigenvalue weighted by Crippen LogP contribution is 2.19. The normalized spacial score (nSPS) is 13.7. The van der Waals surface area contributed by atoms with E-state index < -0.39 is 34.3 Å². The van der Waals surface area contributed by atoms with E-state index in [-0.39, 0.29) is 18.2 Å². The summed E-state index contributed by atoms with van der Waals surface area (Å²) in [6.45, 7) is 16.5. The second-order valence-corrected chi connectivity index (χ2v) is 12.6. The minimum atomic E-state index is -0.732. The lowest BCUT2D eigenvalue weighted by atomic mass is 10.0. The first-order valence-electron chi connectivity index (χ1n) is 13.2. The molecule has 10 heteroatoms. The van der Waals surface area contributed by atoms with Crippen LogP contribution in [0, 0.1) is 0 Å². The number of methoxy groups -OCH3 is 1. The van der Waals surface area contributed by atoms with Gasteiger partial charge in [0.05, 0.1) is 31.5 Å². The van der Waals surface area contributed by atoms with Crippen molar-refractivity contribution in [3.63, 3.8) is 0 Å². The number of rotatable bonds is 19. The number of nitrogens with one attached hydrogen (secondary N) is 2. The van der Waals surface area contributed by atoms with Gasteiger partial charge in [-0.25, -0.2) is 4.79 Å². The van der Waals surface area contributed by atoms with Crippen LogP contribution in [0.4, 0.5) is 0 Å². The van der Waals surface area contributed by atoms with E-state index in [1.165, 1.54) is 7.11 Å². The molecule has 6 N–H and O–H groups in total. The highest BCUT2D eigenvalue weighted by Gasteiger charge is 2.26. The monoisotopic (exact) mass is 530 g/mol. The fourth-order valence-corrected chi connectivity index (χ4v) is 3.18. The maximum absolute atomic E-state index is 12.5. The number of amides is 2. The smallest absolute Gasteiger partial charge is 0.328 e. The summed E-state index contributed by atoms with van der Waals surface area (Å²) in [5, 5.41) is 5.67. The zero-order chi connectivity index (χ0) is 28.9. The van der Waals surface area contributed by atoms with Crippen molar-refractivity contribution in [2.75, 3.05) is 26.9 Å². The van der Waals surface area contributed by atoms with E-state index in [4.69, 9.17) is 25.7 Å². The third-order valence-corrected chi connectivity index (χ3v) is 5.64. The molecule has 0 aromatic rings. The SMILES string of the molecule is COC(=O)[C@H](CCCCNC(=O)CCC(C)(C)OCC(C)(C)N)NC(=O)CCC(C)(C)OCC(C)(C)N. The Labute approximate surface area is 224 Å². The first-order chi connectivity index (χ1) is 16.8. The van der Waals surface area contributed by atoms with Gasteiger partial charge in [-0.1, -0.05) is 0 Å². The van der Waals surface area contributed by atoms with E-state index in [1.807, 2.05) is 55.4 Å². The molecule has 0 aliphatic rings. The molecule has 10 nitrogen and oxygen atoms in total. The molecule has 0 radical (unpaired) electrons. The van der Waals surface area contributed by atoms with Gasteiger partial charge in [0.1, 0.15) is 6.04 Å². The molecular weight excluding hydrogens is 476 g/mol. The van der Waals surface area contributed by atoms with E-state index in [0.29, 0.717) is 58.3 Å². The topological polar surface area (TPSA) is 155 Å². The second kappa shape index (κ2) is 15.6. The number of hydrogen-bond acceptors (Lipinski definition) is 8. The van der Waals surface area contributed by atoms with Crippen LogP contribution in [0.25, 0.3) is 0 Å². The number of nitrogens with two attached hydrogens (primary N) is 2. The van der Waals surface area contributed by atoms with Gasteiger partial charge in [-0.15, -0.1) is 0 Å². The van der Waals surface area contributed by atoms with Crippen molar-refractivity contribution in [3.05, 3.63) is 0 Å². The molecule has 0 rings (SSSR count). The fourth-order valence-electron chi connectivity index (χ4n) is 3.18. The van der Waals surface area contributed by atoms with E-state index in [9.17, 15) is 14.4 Å². The lowest BCUT2D eigenvalue weighted by molar-refractivity contribution is -0.145. The summed E-state index contributed by atoms with van der Waals surface area (Å²) >= 11 is 0. The Morgan fingerprint density at radius 1 is 0.757 bits per heavy atom. The molecule has 0 aromatic heterocycles. The molecular formula is C27H54N4O6. The van der Waals surface area contributed by atoms with Crippen molar-refractivity contribution < 1.29 is 28.6 Å². The quantitative estimate of drug-likeness (QED) is 0.147. The van der Waals surface area contributed by atoms with Crippen molar-refractivity contribution in [1.29, 1.82) is 0 Å². The molecule has 0 aromatic carbocycles. The van der Waals surface area contributed by atoms with Gasteiger partial charge in [0, 0.05) is 30.5 Å². The zero-order valence-electron chi connectivity index (χ0n) is 24.8. The lowest BCUT2D eigenvalue weighted by Gasteiger charge is -2.30. The van der Waals surface area contributed by atoms with Crippen LogP contribution >= 0.6 is 0 Å². The largest absolute Gasteiger partial charge is 0.467 e. The maximum atomic E-state index is 12.5. The number of ether oxygens (including phenoxy) is 3. The van der Waals surface area contributed by atoms with Gasteiger partial charge < -0.3 is 36.3 Å². The van der Waals surface area contributed by atoms with E-state index in [2.05, 4.69) is 10.6 Å². The van der Waals surface area contributed by atoms with Crippen molar-refractivity contribution >= 4 is 17.8 Å². The van der Waals surface area contributed by atoms with Gasteiger partial charge in [0.15, 0.2) is 0 Å². The number of esters is 1. The number of hydrogen-bond donors (Lipinski definition) is 4. The molecule has 37 heavy (non-hydrogen) atoms. The Morgan fingerprint density at radius 3 is 1.65 bits per heavy atom. The van der Waals surface area contributed by atoms with Crippen LogP contribution in [-0.4, -0.2) is 73.0 Å². The fraction of sp³-hybridized carbons (Fsp3) is 0.889. The van der Waals surface area contributed by atoms with Gasteiger partial charge in [-0.05, 0) is 87.5 Å². The molecule has 0 heterocycles. The molecule has 0 aliphatic heterocycles. The van der Waals surface area contributed by atoms with Crippen LogP contribution in [-0.2, 0) is 28.6 Å². The Morgan fingerprint density at radius 2 is 1.22 bits per heavy atom. The van der Waals surface area contributed by atoms with Crippen LogP contribution in [0.1, 0.15) is 100 Å². The van der Waals surface area contributed by atoms with E-state index in [1.54, 1.807) is 0 Å². The molecule has 0 aliphatic carbocycles.